The molecule has 0 aromatic heterocycles. The molecule has 0 atom stereocenters. The van der Waals surface area contributed by atoms with Crippen molar-refractivity contribution < 1.29 is 13.6 Å². The number of fused-ring (bicyclic) bond motifs is 8. The van der Waals surface area contributed by atoms with Gasteiger partial charge in [-0.1, -0.05) is 516 Å². The fraction of sp³-hybridized carbons (Fsp3) is 0.0746. The summed E-state index contributed by atoms with van der Waals surface area (Å²) in [5, 5.41) is 21.0. The Bertz CT molecular complexity index is 7890. The van der Waals surface area contributed by atoms with Gasteiger partial charge in [0.25, 0.3) is 0 Å². The molecule has 0 amide bonds. The standard InChI is InChI=1S/C58H42.C28H16Br2.2C15H13Br.C11H16BrO3P.C7H6Br2/c1-39(43-17-5-3-6-18-43)37-41-29-33-45(34-30-41)55-47-21-9-13-25-51(47)57(52-26-14-10-22-48(52)55)58-53-27-15-11-23-49(53)56(50-24-12-16-28-54(50)58)46-35-31-42(32-36-46)38-40(2)44-19-7-4-8-20-44;29-27-21-13-5-1-9-17(21)25(18-10-2-6-14-22(18)27)26-19-11-3-7-15-23(19)28(30)24-16-8-4-12-20(24)26;1-12(14-5-3-2-4-6-14)11-13-7-9-15(16)10-8-13;1-12(11-13-5-3-2-4-6-13)14-7-9-15(16)10-8-14;1-3-14-16(13,15-4-2)9-10-5-7-11(12)8-6-10;8-5-6-1-3-7(9)4-2-6/h3-38H,1-2H3;1-16H;2*2-11H,1H3;5-8H,3-4,9H2,1-2H3;1-4H,5H2/b39-37+,40-38+;;2*12-11+;;. The van der Waals surface area contributed by atoms with E-state index < -0.39 is 7.60 Å². The number of rotatable bonds is 19. The van der Waals surface area contributed by atoms with Crippen LogP contribution in [0.25, 0.3) is 177 Å². The van der Waals surface area contributed by atoms with Crippen LogP contribution in [-0.4, -0.2) is 13.2 Å². The second-order valence-electron chi connectivity index (χ2n) is 35.4. The van der Waals surface area contributed by atoms with E-state index in [9.17, 15) is 4.57 Å². The highest BCUT2D eigenvalue weighted by molar-refractivity contribution is 9.11. The van der Waals surface area contributed by atoms with Gasteiger partial charge in [-0.05, 0) is 331 Å². The molecule has 0 N–H and O–H groups in total. The number of benzene rings is 22. The van der Waals surface area contributed by atoms with Crippen LogP contribution < -0.4 is 0 Å². The molecule has 0 aliphatic heterocycles. The second-order valence-corrected chi connectivity index (χ2v) is 43.2. The van der Waals surface area contributed by atoms with Crippen molar-refractivity contribution in [3.63, 3.8) is 0 Å². The fourth-order valence-corrected chi connectivity index (χ4v) is 23.3. The van der Waals surface area contributed by atoms with Gasteiger partial charge in [0.1, 0.15) is 0 Å². The average Bonchev–Trinajstić information content (AvgIpc) is 0.719. The quantitative estimate of drug-likeness (QED) is 0.0350. The number of allylic oxidation sites excluding steroid dienone is 4. The van der Waals surface area contributed by atoms with Crippen LogP contribution in [0.1, 0.15) is 97.2 Å². The summed E-state index contributed by atoms with van der Waals surface area (Å²) in [6.45, 7) is 13.1. The summed E-state index contributed by atoms with van der Waals surface area (Å²) in [5.74, 6) is 0. The van der Waals surface area contributed by atoms with Crippen LogP contribution >= 0.6 is 119 Å². The first kappa shape index (κ1) is 104. The van der Waals surface area contributed by atoms with Crippen molar-refractivity contribution in [2.45, 2.75) is 53.0 Å². The van der Waals surface area contributed by atoms with Crippen LogP contribution in [-0.2, 0) is 25.1 Å². The zero-order valence-electron chi connectivity index (χ0n) is 81.3. The number of hydrogen-bond donors (Lipinski definition) is 0. The first-order valence-electron chi connectivity index (χ1n) is 48.5. The molecule has 0 saturated heterocycles. The summed E-state index contributed by atoms with van der Waals surface area (Å²) in [5.41, 5.74) is 27.3. The van der Waals surface area contributed by atoms with Gasteiger partial charge in [-0.25, -0.2) is 0 Å². The summed E-state index contributed by atoms with van der Waals surface area (Å²) in [4.78, 5) is 0. The van der Waals surface area contributed by atoms with Crippen LogP contribution in [0.3, 0.4) is 0 Å². The molecule has 0 spiro atoms. The molecule has 0 heterocycles. The van der Waals surface area contributed by atoms with E-state index in [1.165, 1.54) is 203 Å². The SMILES string of the molecule is BrCc1ccc(Br)cc1.Brc1c2ccccc2c(-c2c3ccccc3c(Br)c3ccccc23)c2ccccc12.C/C(=C\c1ccc(-c2c3ccccc3c(-c3c4ccccc4c(-c4ccc(/C=C(\C)c5ccccc5)cc4)c4ccccc34)c3ccccc23)cc1)c1ccccc1.C/C(=C\c1ccc(Br)cc1)c1ccccc1.C/C(=C\c1ccccc1)c1ccc(Br)cc1.CCOP(=O)(Cc1ccc(Br)cc1)OCC. The van der Waals surface area contributed by atoms with E-state index in [0.717, 1.165) is 37.7 Å². The number of halogens is 7. The minimum absolute atomic E-state index is 0.321. The maximum Gasteiger partial charge on any atom is 0.335 e. The zero-order valence-corrected chi connectivity index (χ0v) is 93.3. The van der Waals surface area contributed by atoms with Crippen molar-refractivity contribution in [2.24, 2.45) is 0 Å². The highest BCUT2D eigenvalue weighted by Gasteiger charge is 2.27. The van der Waals surface area contributed by atoms with E-state index in [4.69, 9.17) is 9.05 Å². The molecule has 22 aromatic carbocycles. The van der Waals surface area contributed by atoms with Crippen molar-refractivity contribution >= 4 is 252 Å². The van der Waals surface area contributed by atoms with E-state index in [1.807, 2.05) is 62.4 Å². The number of hydrogen-bond acceptors (Lipinski definition) is 3. The third-order valence-corrected chi connectivity index (χ3v) is 32.2. The Labute approximate surface area is 910 Å². The van der Waals surface area contributed by atoms with Crippen LogP contribution in [0.4, 0.5) is 0 Å². The molecule has 22 rings (SSSR count). The fourth-order valence-electron chi connectivity index (χ4n) is 18.8. The van der Waals surface area contributed by atoms with Crippen LogP contribution in [0.2, 0.25) is 0 Å². The van der Waals surface area contributed by atoms with Crippen LogP contribution in [0.15, 0.2) is 488 Å². The molecule has 145 heavy (non-hydrogen) atoms. The molecule has 0 radical (unpaired) electrons. The van der Waals surface area contributed by atoms with Crippen molar-refractivity contribution in [1.82, 2.24) is 0 Å². The lowest BCUT2D eigenvalue weighted by atomic mass is 9.81. The Hall–Kier alpha value is -12.6. The Morgan fingerprint density at radius 2 is 0.414 bits per heavy atom. The summed E-state index contributed by atoms with van der Waals surface area (Å²) in [6, 6.07) is 164. The molecule has 22 aromatic rings. The average molecular weight is 2350 g/mol. The van der Waals surface area contributed by atoms with Crippen molar-refractivity contribution in [3.8, 4) is 44.5 Å². The maximum absolute atomic E-state index is 12.2. The number of alkyl halides is 1. The summed E-state index contributed by atoms with van der Waals surface area (Å²) in [7, 11) is -2.97. The lowest BCUT2D eigenvalue weighted by Gasteiger charge is -2.22. The Kier molecular flexibility index (Phi) is 35.8. The third-order valence-electron chi connectivity index (χ3n) is 25.7. The van der Waals surface area contributed by atoms with Gasteiger partial charge >= 0.3 is 7.60 Å². The summed E-state index contributed by atoms with van der Waals surface area (Å²) in [6.07, 6.45) is 9.26. The molecule has 3 nitrogen and oxygen atoms in total. The maximum atomic E-state index is 12.2. The zero-order chi connectivity index (χ0) is 101. The van der Waals surface area contributed by atoms with Crippen LogP contribution in [0.5, 0.6) is 0 Å². The topological polar surface area (TPSA) is 35.5 Å². The van der Waals surface area contributed by atoms with E-state index in [-0.39, 0.29) is 0 Å². The van der Waals surface area contributed by atoms with Crippen molar-refractivity contribution in [1.29, 1.82) is 0 Å². The predicted molar refractivity (Wildman–Crippen MR) is 654 cm³/mol. The molecule has 0 fully saturated rings. The molecule has 0 saturated carbocycles. The molecule has 0 aliphatic rings. The van der Waals surface area contributed by atoms with Crippen molar-refractivity contribution in [2.75, 3.05) is 13.2 Å². The van der Waals surface area contributed by atoms with E-state index in [0.29, 0.717) is 19.4 Å². The van der Waals surface area contributed by atoms with Gasteiger partial charge in [0, 0.05) is 32.2 Å². The highest BCUT2D eigenvalue weighted by Crippen LogP contribution is 2.54. The Balaban J connectivity index is 0.000000137. The van der Waals surface area contributed by atoms with E-state index in [2.05, 4.69) is 576 Å². The molecule has 0 bridgehead atoms. The molecular formula is C134H106Br7O3P. The van der Waals surface area contributed by atoms with Gasteiger partial charge in [-0.2, -0.15) is 0 Å². The van der Waals surface area contributed by atoms with E-state index in [1.54, 1.807) is 0 Å². The Morgan fingerprint density at radius 3 is 0.669 bits per heavy atom. The van der Waals surface area contributed by atoms with Gasteiger partial charge in [-0.15, -0.1) is 0 Å². The predicted octanol–water partition coefficient (Wildman–Crippen LogP) is 43.5. The third kappa shape index (κ3) is 25.4. The smallest absolute Gasteiger partial charge is 0.309 e. The van der Waals surface area contributed by atoms with Gasteiger partial charge in [0.2, 0.25) is 0 Å². The molecular weight excluding hydrogens is 2250 g/mol. The second kappa shape index (κ2) is 50.0. The first-order chi connectivity index (χ1) is 70.8. The summed E-state index contributed by atoms with van der Waals surface area (Å²) < 4.78 is 29.3. The first-order valence-corrected chi connectivity index (χ1v) is 56.1. The normalized spacial score (nSPS) is 11.7. The van der Waals surface area contributed by atoms with Gasteiger partial charge in [0.15, 0.2) is 0 Å². The lowest BCUT2D eigenvalue weighted by molar-refractivity contribution is 0.219. The highest BCUT2D eigenvalue weighted by atomic mass is 79.9. The minimum Gasteiger partial charge on any atom is -0.309 e. The summed E-state index contributed by atoms with van der Waals surface area (Å²) >= 11 is 24.7. The molecule has 0 unspecified atom stereocenters. The minimum atomic E-state index is -2.97. The van der Waals surface area contributed by atoms with Gasteiger partial charge < -0.3 is 9.05 Å². The lowest BCUT2D eigenvalue weighted by Crippen LogP contribution is -1.98. The van der Waals surface area contributed by atoms with Crippen molar-refractivity contribution in [3.05, 3.63) is 544 Å². The Morgan fingerprint density at radius 1 is 0.221 bits per heavy atom. The van der Waals surface area contributed by atoms with E-state index >= 15 is 0 Å². The van der Waals surface area contributed by atoms with Crippen LogP contribution in [0, 0.1) is 0 Å². The van der Waals surface area contributed by atoms with Gasteiger partial charge in [-0.3, -0.25) is 4.57 Å². The molecule has 0 aliphatic carbocycles. The van der Waals surface area contributed by atoms with Gasteiger partial charge in [0.05, 0.1) is 19.4 Å². The molecule has 714 valence electrons. The monoisotopic (exact) mass is 2350 g/mol. The molecule has 11 heteroatoms. The largest absolute Gasteiger partial charge is 0.335 e.